The molecule has 2 unspecified atom stereocenters. The monoisotopic (exact) mass is 231 g/mol. The smallest absolute Gasteiger partial charge is 0.128 e. The van der Waals surface area contributed by atoms with Crippen molar-refractivity contribution in [2.24, 2.45) is 0 Å². The van der Waals surface area contributed by atoms with Gasteiger partial charge in [-0.2, -0.15) is 0 Å². The van der Waals surface area contributed by atoms with Crippen LogP contribution in [0.4, 0.5) is 5.82 Å². The fourth-order valence-corrected chi connectivity index (χ4v) is 3.34. The molecule has 3 heteroatoms. The van der Waals surface area contributed by atoms with Crippen molar-refractivity contribution in [3.05, 3.63) is 24.4 Å². The molecule has 3 nitrogen and oxygen atoms in total. The predicted octanol–water partition coefficient (Wildman–Crippen LogP) is 2.14. The van der Waals surface area contributed by atoms with Crippen LogP contribution >= 0.6 is 0 Å². The van der Waals surface area contributed by atoms with Crippen LogP contribution in [0.2, 0.25) is 0 Å². The number of anilines is 1. The predicted molar refractivity (Wildman–Crippen MR) is 70.3 cm³/mol. The second kappa shape index (κ2) is 4.65. The first-order valence-electron chi connectivity index (χ1n) is 6.78. The van der Waals surface area contributed by atoms with Gasteiger partial charge in [0.15, 0.2) is 0 Å². The summed E-state index contributed by atoms with van der Waals surface area (Å²) in [5.74, 6) is 1.14. The molecule has 1 aromatic heterocycles. The highest BCUT2D eigenvalue weighted by Gasteiger charge is 2.35. The van der Waals surface area contributed by atoms with E-state index in [0.29, 0.717) is 6.04 Å². The number of rotatable bonds is 1. The van der Waals surface area contributed by atoms with Gasteiger partial charge in [-0.3, -0.25) is 4.90 Å². The van der Waals surface area contributed by atoms with Gasteiger partial charge >= 0.3 is 0 Å². The second-order valence-electron chi connectivity index (χ2n) is 5.22. The van der Waals surface area contributed by atoms with Crippen LogP contribution in [0.5, 0.6) is 0 Å². The van der Waals surface area contributed by atoms with E-state index in [4.69, 9.17) is 0 Å². The summed E-state index contributed by atoms with van der Waals surface area (Å²) < 4.78 is 0. The SMILES string of the molecule is CC1C2CCCCN2CCN1c1ccccn1. The van der Waals surface area contributed by atoms with Crippen molar-refractivity contribution in [2.75, 3.05) is 24.5 Å². The average Bonchev–Trinajstić information content (AvgIpc) is 2.40. The molecule has 3 rings (SSSR count). The third-order valence-electron chi connectivity index (χ3n) is 4.28. The number of pyridine rings is 1. The van der Waals surface area contributed by atoms with Crippen molar-refractivity contribution in [1.29, 1.82) is 0 Å². The molecule has 92 valence electrons. The normalized spacial score (nSPS) is 30.1. The number of piperidine rings is 1. The van der Waals surface area contributed by atoms with Gasteiger partial charge in [0.05, 0.1) is 0 Å². The Balaban J connectivity index is 1.79. The quantitative estimate of drug-likeness (QED) is 0.738. The maximum Gasteiger partial charge on any atom is 0.128 e. The molecule has 0 saturated carbocycles. The highest BCUT2D eigenvalue weighted by Crippen LogP contribution is 2.28. The van der Waals surface area contributed by atoms with E-state index in [9.17, 15) is 0 Å². The minimum Gasteiger partial charge on any atom is -0.351 e. The lowest BCUT2D eigenvalue weighted by Crippen LogP contribution is -2.60. The van der Waals surface area contributed by atoms with Gasteiger partial charge in [0.2, 0.25) is 0 Å². The molecule has 0 spiro atoms. The Labute approximate surface area is 103 Å². The van der Waals surface area contributed by atoms with Crippen LogP contribution in [0.25, 0.3) is 0 Å². The molecule has 2 aliphatic heterocycles. The zero-order chi connectivity index (χ0) is 11.7. The summed E-state index contributed by atoms with van der Waals surface area (Å²) in [6.07, 6.45) is 6.02. The Morgan fingerprint density at radius 2 is 2.12 bits per heavy atom. The molecule has 0 aromatic carbocycles. The molecule has 0 radical (unpaired) electrons. The summed E-state index contributed by atoms with van der Waals surface area (Å²) in [7, 11) is 0. The molecule has 0 N–H and O–H groups in total. The maximum atomic E-state index is 4.50. The summed E-state index contributed by atoms with van der Waals surface area (Å²) in [5, 5.41) is 0. The van der Waals surface area contributed by atoms with Gasteiger partial charge in [-0.1, -0.05) is 12.5 Å². The van der Waals surface area contributed by atoms with Crippen LogP contribution in [-0.2, 0) is 0 Å². The van der Waals surface area contributed by atoms with E-state index in [1.54, 1.807) is 0 Å². The van der Waals surface area contributed by atoms with Crippen LogP contribution in [0.3, 0.4) is 0 Å². The first kappa shape index (κ1) is 11.0. The van der Waals surface area contributed by atoms with Gasteiger partial charge in [0, 0.05) is 31.4 Å². The zero-order valence-corrected chi connectivity index (χ0v) is 10.5. The highest BCUT2D eigenvalue weighted by molar-refractivity contribution is 5.40. The van der Waals surface area contributed by atoms with Gasteiger partial charge in [0.1, 0.15) is 5.82 Å². The van der Waals surface area contributed by atoms with E-state index in [1.165, 1.54) is 32.4 Å². The van der Waals surface area contributed by atoms with Crippen LogP contribution in [0.15, 0.2) is 24.4 Å². The Kier molecular flexibility index (Phi) is 3.02. The summed E-state index contributed by atoms with van der Waals surface area (Å²) in [6.45, 7) is 5.97. The number of hydrogen-bond donors (Lipinski definition) is 0. The lowest BCUT2D eigenvalue weighted by molar-refractivity contribution is 0.105. The van der Waals surface area contributed by atoms with Gasteiger partial charge in [0.25, 0.3) is 0 Å². The zero-order valence-electron chi connectivity index (χ0n) is 10.5. The summed E-state index contributed by atoms with van der Waals surface area (Å²) in [4.78, 5) is 9.65. The lowest BCUT2D eigenvalue weighted by atomic mass is 9.93. The number of fused-ring (bicyclic) bond motifs is 1. The van der Waals surface area contributed by atoms with E-state index >= 15 is 0 Å². The molecule has 2 aliphatic rings. The van der Waals surface area contributed by atoms with Crippen molar-refractivity contribution in [3.8, 4) is 0 Å². The minimum atomic E-state index is 0.596. The minimum absolute atomic E-state index is 0.596. The third kappa shape index (κ3) is 2.04. The molecule has 2 saturated heterocycles. The molecule has 0 amide bonds. The van der Waals surface area contributed by atoms with Gasteiger partial charge in [-0.05, 0) is 38.4 Å². The van der Waals surface area contributed by atoms with Crippen molar-refractivity contribution in [2.45, 2.75) is 38.3 Å². The van der Waals surface area contributed by atoms with Crippen LogP contribution < -0.4 is 4.90 Å². The highest BCUT2D eigenvalue weighted by atomic mass is 15.3. The van der Waals surface area contributed by atoms with E-state index in [0.717, 1.165) is 18.4 Å². The van der Waals surface area contributed by atoms with E-state index in [-0.39, 0.29) is 0 Å². The molecule has 1 aromatic rings. The lowest BCUT2D eigenvalue weighted by Gasteiger charge is -2.49. The summed E-state index contributed by atoms with van der Waals surface area (Å²) in [5.41, 5.74) is 0. The van der Waals surface area contributed by atoms with Crippen molar-refractivity contribution in [3.63, 3.8) is 0 Å². The van der Waals surface area contributed by atoms with Gasteiger partial charge in [-0.15, -0.1) is 0 Å². The van der Waals surface area contributed by atoms with Crippen molar-refractivity contribution in [1.82, 2.24) is 9.88 Å². The standard InChI is InChI=1S/C14H21N3/c1-12-13-6-3-5-9-16(13)10-11-17(12)14-7-2-4-8-15-14/h2,4,7-8,12-13H,3,5-6,9-11H2,1H3. The molecule has 0 bridgehead atoms. The third-order valence-corrected chi connectivity index (χ3v) is 4.28. The number of aromatic nitrogens is 1. The molecule has 2 fully saturated rings. The number of piperazine rings is 1. The van der Waals surface area contributed by atoms with Crippen molar-refractivity contribution < 1.29 is 0 Å². The maximum absolute atomic E-state index is 4.50. The largest absolute Gasteiger partial charge is 0.351 e. The van der Waals surface area contributed by atoms with Crippen LogP contribution in [0, 0.1) is 0 Å². The van der Waals surface area contributed by atoms with Crippen LogP contribution in [-0.4, -0.2) is 41.6 Å². The fourth-order valence-electron chi connectivity index (χ4n) is 3.34. The first-order valence-corrected chi connectivity index (χ1v) is 6.78. The molecule has 17 heavy (non-hydrogen) atoms. The second-order valence-corrected chi connectivity index (χ2v) is 5.22. The molecule has 2 atom stereocenters. The summed E-state index contributed by atoms with van der Waals surface area (Å²) >= 11 is 0. The Morgan fingerprint density at radius 1 is 1.18 bits per heavy atom. The van der Waals surface area contributed by atoms with Crippen molar-refractivity contribution >= 4 is 5.82 Å². The average molecular weight is 231 g/mol. The Hall–Kier alpha value is -1.09. The molecular weight excluding hydrogens is 210 g/mol. The topological polar surface area (TPSA) is 19.4 Å². The van der Waals surface area contributed by atoms with Crippen LogP contribution in [0.1, 0.15) is 26.2 Å². The first-order chi connectivity index (χ1) is 8.36. The van der Waals surface area contributed by atoms with E-state index in [2.05, 4.69) is 33.8 Å². The fraction of sp³-hybridized carbons (Fsp3) is 0.643. The number of nitrogens with zero attached hydrogens (tertiary/aromatic N) is 3. The summed E-state index contributed by atoms with van der Waals surface area (Å²) in [6, 6.07) is 7.54. The Bertz CT molecular complexity index is 365. The van der Waals surface area contributed by atoms with Gasteiger partial charge < -0.3 is 4.90 Å². The Morgan fingerprint density at radius 3 is 2.94 bits per heavy atom. The molecule has 3 heterocycles. The molecular formula is C14H21N3. The van der Waals surface area contributed by atoms with E-state index < -0.39 is 0 Å². The van der Waals surface area contributed by atoms with E-state index in [1.807, 2.05) is 12.3 Å². The number of hydrogen-bond acceptors (Lipinski definition) is 3. The van der Waals surface area contributed by atoms with Gasteiger partial charge in [-0.25, -0.2) is 4.98 Å². The molecule has 0 aliphatic carbocycles.